The fourth-order valence-electron chi connectivity index (χ4n) is 3.72. The fourth-order valence-corrected chi connectivity index (χ4v) is 3.72. The molecule has 2 atom stereocenters. The van der Waals surface area contributed by atoms with Crippen LogP contribution in [0.1, 0.15) is 25.8 Å². The van der Waals surface area contributed by atoms with Crippen LogP contribution >= 0.6 is 0 Å². The van der Waals surface area contributed by atoms with Gasteiger partial charge >= 0.3 is 0 Å². The summed E-state index contributed by atoms with van der Waals surface area (Å²) < 4.78 is 1.76. The van der Waals surface area contributed by atoms with Crippen LogP contribution in [0.25, 0.3) is 10.9 Å². The van der Waals surface area contributed by atoms with Gasteiger partial charge in [-0.1, -0.05) is 26.0 Å². The summed E-state index contributed by atoms with van der Waals surface area (Å²) in [6.45, 7) is 10.5. The lowest BCUT2D eigenvalue weighted by atomic mass is 9.92. The second-order valence-corrected chi connectivity index (χ2v) is 6.92. The second-order valence-electron chi connectivity index (χ2n) is 6.92. The molecule has 1 aliphatic rings. The van der Waals surface area contributed by atoms with Crippen LogP contribution in [-0.4, -0.2) is 34.1 Å². The van der Waals surface area contributed by atoms with Crippen molar-refractivity contribution in [3.05, 3.63) is 40.4 Å². The number of hydrogen-bond donors (Lipinski definition) is 0. The van der Waals surface area contributed by atoms with E-state index in [1.54, 1.807) is 10.9 Å². The predicted molar refractivity (Wildman–Crippen MR) is 90.1 cm³/mol. The third-order valence-corrected chi connectivity index (χ3v) is 4.66. The maximum absolute atomic E-state index is 12.6. The molecule has 0 spiro atoms. The summed E-state index contributed by atoms with van der Waals surface area (Å²) in [5.41, 5.74) is 1.95. The third kappa shape index (κ3) is 3.07. The molecule has 1 aliphatic heterocycles. The van der Waals surface area contributed by atoms with Crippen LogP contribution in [0.15, 0.2) is 29.3 Å². The highest BCUT2D eigenvalue weighted by Crippen LogP contribution is 2.20. The van der Waals surface area contributed by atoms with Crippen molar-refractivity contribution < 1.29 is 0 Å². The van der Waals surface area contributed by atoms with E-state index in [-0.39, 0.29) is 5.56 Å². The Morgan fingerprint density at radius 1 is 1.18 bits per heavy atom. The zero-order valence-electron chi connectivity index (χ0n) is 13.7. The molecule has 0 bridgehead atoms. The van der Waals surface area contributed by atoms with E-state index < -0.39 is 0 Å². The molecule has 2 unspecified atom stereocenters. The largest absolute Gasteiger partial charge is 0.301 e. The van der Waals surface area contributed by atoms with Gasteiger partial charge in [0.15, 0.2) is 0 Å². The molecule has 3 rings (SSSR count). The number of fused-ring (bicyclic) bond motifs is 1. The van der Waals surface area contributed by atoms with Crippen molar-refractivity contribution in [2.24, 2.45) is 11.8 Å². The average Bonchev–Trinajstić information content (AvgIpc) is 2.46. The van der Waals surface area contributed by atoms with Gasteiger partial charge in [0.05, 0.1) is 17.2 Å². The molecule has 0 amide bonds. The predicted octanol–water partition coefficient (Wildman–Crippen LogP) is 2.68. The number of likely N-dealkylation sites (tertiary alicyclic amines) is 1. The maximum atomic E-state index is 12.6. The third-order valence-electron chi connectivity index (χ3n) is 4.66. The van der Waals surface area contributed by atoms with Crippen LogP contribution in [0.4, 0.5) is 0 Å². The van der Waals surface area contributed by atoms with Gasteiger partial charge in [-0.05, 0) is 36.8 Å². The van der Waals surface area contributed by atoms with Crippen molar-refractivity contribution >= 4 is 10.9 Å². The van der Waals surface area contributed by atoms with Gasteiger partial charge in [-0.3, -0.25) is 9.36 Å². The number of piperidine rings is 1. The van der Waals surface area contributed by atoms with Crippen LogP contribution in [-0.2, 0) is 6.54 Å². The lowest BCUT2D eigenvalue weighted by molar-refractivity contribution is 0.136. The Balaban J connectivity index is 1.77. The van der Waals surface area contributed by atoms with Gasteiger partial charge in [0.25, 0.3) is 5.56 Å². The maximum Gasteiger partial charge on any atom is 0.261 e. The number of rotatable bonds is 3. The topological polar surface area (TPSA) is 38.1 Å². The van der Waals surface area contributed by atoms with E-state index in [1.807, 2.05) is 25.1 Å². The summed E-state index contributed by atoms with van der Waals surface area (Å²) in [6.07, 6.45) is 3.02. The zero-order chi connectivity index (χ0) is 15.7. The van der Waals surface area contributed by atoms with Crippen molar-refractivity contribution in [1.82, 2.24) is 14.5 Å². The number of aromatic nitrogens is 2. The molecule has 22 heavy (non-hydrogen) atoms. The molecule has 2 aromatic rings. The second kappa shape index (κ2) is 6.21. The van der Waals surface area contributed by atoms with Gasteiger partial charge in [-0.15, -0.1) is 0 Å². The number of nitrogens with zero attached hydrogens (tertiary/aromatic N) is 3. The Morgan fingerprint density at radius 2 is 1.91 bits per heavy atom. The lowest BCUT2D eigenvalue weighted by Crippen LogP contribution is -2.41. The minimum absolute atomic E-state index is 0.0757. The van der Waals surface area contributed by atoms with Crippen LogP contribution in [0.2, 0.25) is 0 Å². The smallest absolute Gasteiger partial charge is 0.261 e. The van der Waals surface area contributed by atoms with E-state index in [9.17, 15) is 4.79 Å². The minimum atomic E-state index is 0.0757. The van der Waals surface area contributed by atoms with Crippen LogP contribution < -0.4 is 5.56 Å². The first-order valence-corrected chi connectivity index (χ1v) is 8.21. The Hall–Kier alpha value is -1.68. The summed E-state index contributed by atoms with van der Waals surface area (Å²) in [4.78, 5) is 19.5. The highest BCUT2D eigenvalue weighted by molar-refractivity contribution is 5.80. The average molecular weight is 299 g/mol. The molecule has 0 aliphatic carbocycles. The number of aryl methyl sites for hydroxylation is 1. The summed E-state index contributed by atoms with van der Waals surface area (Å²) in [7, 11) is 0. The molecule has 118 valence electrons. The summed E-state index contributed by atoms with van der Waals surface area (Å²) in [6, 6.07) is 5.80. The number of para-hydroxylation sites is 1. The molecule has 0 radical (unpaired) electrons. The monoisotopic (exact) mass is 299 g/mol. The molecule has 1 saturated heterocycles. The SMILES string of the molecule is Cc1cccc2c(=O)n(CCN3CC(C)CC(C)C3)cnc12. The van der Waals surface area contributed by atoms with E-state index >= 15 is 0 Å². The molecule has 1 aromatic carbocycles. The fraction of sp³-hybridized carbons (Fsp3) is 0.556. The first-order chi connectivity index (χ1) is 10.5. The summed E-state index contributed by atoms with van der Waals surface area (Å²) in [5, 5.41) is 0.725. The van der Waals surface area contributed by atoms with Crippen molar-refractivity contribution in [2.75, 3.05) is 19.6 Å². The van der Waals surface area contributed by atoms with Crippen molar-refractivity contribution in [3.8, 4) is 0 Å². The first kappa shape index (κ1) is 15.2. The van der Waals surface area contributed by atoms with Gasteiger partial charge < -0.3 is 4.90 Å². The highest BCUT2D eigenvalue weighted by Gasteiger charge is 2.21. The molecule has 4 heteroatoms. The Kier molecular flexibility index (Phi) is 4.30. The number of hydrogen-bond acceptors (Lipinski definition) is 3. The number of benzene rings is 1. The zero-order valence-corrected chi connectivity index (χ0v) is 13.7. The van der Waals surface area contributed by atoms with Gasteiger partial charge in [-0.25, -0.2) is 4.98 Å². The van der Waals surface area contributed by atoms with E-state index in [0.717, 1.165) is 54.5 Å². The van der Waals surface area contributed by atoms with Crippen molar-refractivity contribution in [1.29, 1.82) is 0 Å². The van der Waals surface area contributed by atoms with Gasteiger partial charge in [0.1, 0.15) is 0 Å². The molecule has 1 aromatic heterocycles. The van der Waals surface area contributed by atoms with Gasteiger partial charge in [0.2, 0.25) is 0 Å². The molecular weight excluding hydrogens is 274 g/mol. The lowest BCUT2D eigenvalue weighted by Gasteiger charge is -2.34. The van der Waals surface area contributed by atoms with Crippen LogP contribution in [0.3, 0.4) is 0 Å². The Labute approximate surface area is 131 Å². The summed E-state index contributed by atoms with van der Waals surface area (Å²) in [5.74, 6) is 1.50. The molecule has 2 heterocycles. The van der Waals surface area contributed by atoms with E-state index in [2.05, 4.69) is 23.7 Å². The van der Waals surface area contributed by atoms with E-state index in [1.165, 1.54) is 6.42 Å². The van der Waals surface area contributed by atoms with Crippen LogP contribution in [0.5, 0.6) is 0 Å². The molecule has 0 N–H and O–H groups in total. The highest BCUT2D eigenvalue weighted by atomic mass is 16.1. The normalized spacial score (nSPS) is 23.0. The first-order valence-electron chi connectivity index (χ1n) is 8.21. The Bertz CT molecular complexity index is 712. The van der Waals surface area contributed by atoms with Gasteiger partial charge in [0, 0.05) is 26.2 Å². The van der Waals surface area contributed by atoms with Crippen molar-refractivity contribution in [2.45, 2.75) is 33.7 Å². The Morgan fingerprint density at radius 3 is 2.64 bits per heavy atom. The molecular formula is C18H25N3O. The minimum Gasteiger partial charge on any atom is -0.301 e. The van der Waals surface area contributed by atoms with E-state index in [0.29, 0.717) is 0 Å². The molecule has 1 fully saturated rings. The molecule has 4 nitrogen and oxygen atoms in total. The van der Waals surface area contributed by atoms with Crippen LogP contribution in [0, 0.1) is 18.8 Å². The van der Waals surface area contributed by atoms with Gasteiger partial charge in [-0.2, -0.15) is 0 Å². The quantitative estimate of drug-likeness (QED) is 0.874. The molecule has 0 saturated carbocycles. The standard InChI is InChI=1S/C18H25N3O/c1-13-9-14(2)11-20(10-13)7-8-21-12-19-17-15(3)5-4-6-16(17)18(21)22/h4-6,12-14H,7-11H2,1-3H3. The van der Waals surface area contributed by atoms with E-state index in [4.69, 9.17) is 0 Å². The summed E-state index contributed by atoms with van der Waals surface area (Å²) >= 11 is 0. The van der Waals surface area contributed by atoms with Crippen molar-refractivity contribution in [3.63, 3.8) is 0 Å².